The average molecular weight is 245 g/mol. The molecule has 96 valence electrons. The molecular formula is C14H19N3O. The fourth-order valence-corrected chi connectivity index (χ4v) is 2.60. The van der Waals surface area contributed by atoms with E-state index in [0.717, 1.165) is 43.7 Å². The summed E-state index contributed by atoms with van der Waals surface area (Å²) >= 11 is 0. The van der Waals surface area contributed by atoms with Gasteiger partial charge in [-0.05, 0) is 43.7 Å². The molecule has 0 amide bonds. The molecule has 1 aromatic rings. The van der Waals surface area contributed by atoms with Crippen molar-refractivity contribution in [2.45, 2.75) is 26.2 Å². The van der Waals surface area contributed by atoms with E-state index >= 15 is 0 Å². The number of pyridine rings is 1. The van der Waals surface area contributed by atoms with Gasteiger partial charge in [-0.1, -0.05) is 0 Å². The minimum absolute atomic E-state index is 0.241. The zero-order valence-corrected chi connectivity index (χ0v) is 10.8. The Morgan fingerprint density at radius 1 is 1.61 bits per heavy atom. The van der Waals surface area contributed by atoms with E-state index in [-0.39, 0.29) is 6.61 Å². The minimum atomic E-state index is 0.241. The molecule has 18 heavy (non-hydrogen) atoms. The lowest BCUT2D eigenvalue weighted by atomic mass is 9.95. The highest BCUT2D eigenvalue weighted by Crippen LogP contribution is 2.26. The van der Waals surface area contributed by atoms with Crippen LogP contribution in [0.1, 0.15) is 30.4 Å². The molecule has 1 aromatic heterocycles. The van der Waals surface area contributed by atoms with E-state index in [9.17, 15) is 5.26 Å². The van der Waals surface area contributed by atoms with Crippen LogP contribution in [0.15, 0.2) is 12.3 Å². The number of anilines is 1. The van der Waals surface area contributed by atoms with Crippen LogP contribution in [0.25, 0.3) is 0 Å². The van der Waals surface area contributed by atoms with Crippen molar-refractivity contribution in [2.75, 3.05) is 24.6 Å². The van der Waals surface area contributed by atoms with Gasteiger partial charge in [0.05, 0.1) is 5.56 Å². The van der Waals surface area contributed by atoms with Gasteiger partial charge in [-0.3, -0.25) is 0 Å². The molecule has 4 heteroatoms. The molecule has 4 nitrogen and oxygen atoms in total. The first-order valence-electron chi connectivity index (χ1n) is 6.47. The number of nitriles is 1. The van der Waals surface area contributed by atoms with Crippen molar-refractivity contribution in [3.63, 3.8) is 0 Å². The van der Waals surface area contributed by atoms with Crippen molar-refractivity contribution >= 4 is 5.82 Å². The van der Waals surface area contributed by atoms with Crippen LogP contribution < -0.4 is 4.90 Å². The molecule has 1 fully saturated rings. The first-order chi connectivity index (χ1) is 8.76. The van der Waals surface area contributed by atoms with Crippen LogP contribution in [0, 0.1) is 24.2 Å². The quantitative estimate of drug-likeness (QED) is 0.883. The first kappa shape index (κ1) is 12.8. The summed E-state index contributed by atoms with van der Waals surface area (Å²) in [6, 6.07) is 4.13. The van der Waals surface area contributed by atoms with Crippen LogP contribution >= 0.6 is 0 Å². The number of rotatable bonds is 3. The summed E-state index contributed by atoms with van der Waals surface area (Å²) in [6.07, 6.45) is 4.86. The number of hydrogen-bond acceptors (Lipinski definition) is 4. The third-order valence-corrected chi connectivity index (χ3v) is 3.61. The Balaban J connectivity index is 2.21. The summed E-state index contributed by atoms with van der Waals surface area (Å²) in [5, 5.41) is 18.3. The first-order valence-corrected chi connectivity index (χ1v) is 6.47. The highest BCUT2D eigenvalue weighted by molar-refractivity contribution is 5.57. The van der Waals surface area contributed by atoms with E-state index in [4.69, 9.17) is 5.11 Å². The van der Waals surface area contributed by atoms with E-state index in [2.05, 4.69) is 16.0 Å². The normalized spacial score (nSPS) is 19.6. The SMILES string of the molecule is Cc1ccnc(N2CCCC(CCO)C2)c1C#N. The summed E-state index contributed by atoms with van der Waals surface area (Å²) in [4.78, 5) is 6.56. The van der Waals surface area contributed by atoms with Gasteiger partial charge in [0.15, 0.2) is 0 Å². The van der Waals surface area contributed by atoms with Gasteiger partial charge >= 0.3 is 0 Å². The van der Waals surface area contributed by atoms with Crippen molar-refractivity contribution < 1.29 is 5.11 Å². The topological polar surface area (TPSA) is 60.1 Å². The molecule has 1 aliphatic heterocycles. The lowest BCUT2D eigenvalue weighted by Gasteiger charge is -2.34. The van der Waals surface area contributed by atoms with Crippen LogP contribution in [0.4, 0.5) is 5.82 Å². The molecule has 0 radical (unpaired) electrons. The lowest BCUT2D eigenvalue weighted by Crippen LogP contribution is -2.36. The van der Waals surface area contributed by atoms with Crippen LogP contribution in [-0.2, 0) is 0 Å². The molecule has 0 spiro atoms. The maximum absolute atomic E-state index is 9.24. The molecule has 0 aliphatic carbocycles. The number of aliphatic hydroxyl groups excluding tert-OH is 1. The zero-order valence-electron chi connectivity index (χ0n) is 10.8. The molecule has 2 heterocycles. The maximum Gasteiger partial charge on any atom is 0.146 e. The van der Waals surface area contributed by atoms with Crippen molar-refractivity contribution in [1.29, 1.82) is 5.26 Å². The fraction of sp³-hybridized carbons (Fsp3) is 0.571. The molecule has 1 saturated heterocycles. The predicted molar refractivity (Wildman–Crippen MR) is 70.3 cm³/mol. The third kappa shape index (κ3) is 2.62. The van der Waals surface area contributed by atoms with E-state index in [1.54, 1.807) is 6.20 Å². The molecule has 1 unspecified atom stereocenters. The Bertz CT molecular complexity index is 451. The Kier molecular flexibility index (Phi) is 4.16. The third-order valence-electron chi connectivity index (χ3n) is 3.61. The molecule has 1 atom stereocenters. The molecule has 0 aromatic carbocycles. The van der Waals surface area contributed by atoms with Crippen molar-refractivity contribution in [3.05, 3.63) is 23.4 Å². The number of hydrogen-bond donors (Lipinski definition) is 1. The van der Waals surface area contributed by atoms with Crippen LogP contribution in [0.3, 0.4) is 0 Å². The summed E-state index contributed by atoms with van der Waals surface area (Å²) in [7, 11) is 0. The Morgan fingerprint density at radius 3 is 3.17 bits per heavy atom. The van der Waals surface area contributed by atoms with Crippen molar-refractivity contribution in [2.24, 2.45) is 5.92 Å². The number of nitrogens with zero attached hydrogens (tertiary/aromatic N) is 3. The summed E-state index contributed by atoms with van der Waals surface area (Å²) in [5.41, 5.74) is 1.66. The minimum Gasteiger partial charge on any atom is -0.396 e. The predicted octanol–water partition coefficient (Wildman–Crippen LogP) is 1.86. The van der Waals surface area contributed by atoms with Crippen molar-refractivity contribution in [3.8, 4) is 6.07 Å². The van der Waals surface area contributed by atoms with Gasteiger partial charge in [0.1, 0.15) is 11.9 Å². The zero-order chi connectivity index (χ0) is 13.0. The average Bonchev–Trinajstić information content (AvgIpc) is 2.39. The molecule has 2 rings (SSSR count). The maximum atomic E-state index is 9.24. The van der Waals surface area contributed by atoms with Gasteiger partial charge in [-0.2, -0.15) is 5.26 Å². The monoisotopic (exact) mass is 245 g/mol. The largest absolute Gasteiger partial charge is 0.396 e. The van der Waals surface area contributed by atoms with Crippen LogP contribution in [-0.4, -0.2) is 29.8 Å². The second kappa shape index (κ2) is 5.83. The van der Waals surface area contributed by atoms with Gasteiger partial charge in [-0.15, -0.1) is 0 Å². The van der Waals surface area contributed by atoms with Crippen molar-refractivity contribution in [1.82, 2.24) is 4.98 Å². The smallest absolute Gasteiger partial charge is 0.146 e. The van der Waals surface area contributed by atoms with E-state index in [1.807, 2.05) is 13.0 Å². The highest BCUT2D eigenvalue weighted by atomic mass is 16.3. The van der Waals surface area contributed by atoms with Gasteiger partial charge in [0.25, 0.3) is 0 Å². The second-order valence-electron chi connectivity index (χ2n) is 4.90. The molecule has 1 aliphatic rings. The molecule has 1 N–H and O–H groups in total. The summed E-state index contributed by atoms with van der Waals surface area (Å²) < 4.78 is 0. The second-order valence-corrected chi connectivity index (χ2v) is 4.90. The van der Waals surface area contributed by atoms with Gasteiger partial charge in [-0.25, -0.2) is 4.98 Å². The standard InChI is InChI=1S/C14H19N3O/c1-11-4-6-16-14(13(11)9-15)17-7-2-3-12(10-17)5-8-18/h4,6,12,18H,2-3,5,7-8,10H2,1H3. The summed E-state index contributed by atoms with van der Waals surface area (Å²) in [5.74, 6) is 1.32. The van der Waals surface area contributed by atoms with Gasteiger partial charge in [0.2, 0.25) is 0 Å². The number of piperidine rings is 1. The van der Waals surface area contributed by atoms with Gasteiger partial charge < -0.3 is 10.0 Å². The number of aryl methyl sites for hydroxylation is 1. The number of aromatic nitrogens is 1. The van der Waals surface area contributed by atoms with Gasteiger partial charge in [0, 0.05) is 25.9 Å². The van der Waals surface area contributed by atoms with Crippen LogP contribution in [0.2, 0.25) is 0 Å². The molecule has 0 saturated carbocycles. The van der Waals surface area contributed by atoms with E-state index in [0.29, 0.717) is 11.5 Å². The summed E-state index contributed by atoms with van der Waals surface area (Å²) in [6.45, 7) is 4.03. The van der Waals surface area contributed by atoms with Crippen LogP contribution in [0.5, 0.6) is 0 Å². The van der Waals surface area contributed by atoms with E-state index < -0.39 is 0 Å². The highest BCUT2D eigenvalue weighted by Gasteiger charge is 2.22. The lowest BCUT2D eigenvalue weighted by molar-refractivity contribution is 0.244. The number of aliphatic hydroxyl groups is 1. The fourth-order valence-electron chi connectivity index (χ4n) is 2.60. The Labute approximate surface area is 108 Å². The Morgan fingerprint density at radius 2 is 2.44 bits per heavy atom. The molecular weight excluding hydrogens is 226 g/mol. The van der Waals surface area contributed by atoms with E-state index in [1.165, 1.54) is 0 Å². The molecule has 0 bridgehead atoms. The Hall–Kier alpha value is -1.60.